The van der Waals surface area contributed by atoms with Gasteiger partial charge < -0.3 is 10.2 Å². The Hall–Kier alpha value is -1.65. The first-order chi connectivity index (χ1) is 9.65. The second kappa shape index (κ2) is 6.68. The second-order valence-electron chi connectivity index (χ2n) is 5.30. The molecule has 0 saturated heterocycles. The lowest BCUT2D eigenvalue weighted by molar-refractivity contribution is 0.0730. The highest BCUT2D eigenvalue weighted by molar-refractivity contribution is 5.95. The molecule has 4 nitrogen and oxygen atoms in total. The smallest absolute Gasteiger partial charge is 0.257 e. The van der Waals surface area contributed by atoms with Gasteiger partial charge in [-0.25, -0.2) is 9.37 Å². The highest BCUT2D eigenvalue weighted by Gasteiger charge is 2.26. The lowest BCUT2D eigenvalue weighted by Gasteiger charge is -2.24. The number of aromatic nitrogens is 1. The summed E-state index contributed by atoms with van der Waals surface area (Å²) in [5.41, 5.74) is 0.105. The van der Waals surface area contributed by atoms with Gasteiger partial charge in [-0.1, -0.05) is 19.8 Å². The molecule has 1 amide bonds. The minimum absolute atomic E-state index is 0.105. The van der Waals surface area contributed by atoms with Crippen LogP contribution in [0.15, 0.2) is 12.3 Å². The molecule has 1 N–H and O–H groups in total. The summed E-state index contributed by atoms with van der Waals surface area (Å²) in [5, 5.41) is 2.91. The third-order valence-corrected chi connectivity index (χ3v) is 3.85. The molecule has 1 aromatic heterocycles. The maximum absolute atomic E-state index is 14.3. The van der Waals surface area contributed by atoms with Crippen molar-refractivity contribution >= 4 is 11.7 Å². The van der Waals surface area contributed by atoms with Crippen LogP contribution in [0.4, 0.5) is 10.2 Å². The van der Waals surface area contributed by atoms with Crippen LogP contribution in [0.25, 0.3) is 0 Å². The third-order valence-electron chi connectivity index (χ3n) is 3.85. The van der Waals surface area contributed by atoms with E-state index in [1.807, 2.05) is 6.92 Å². The van der Waals surface area contributed by atoms with Crippen molar-refractivity contribution in [1.29, 1.82) is 0 Å². The van der Waals surface area contributed by atoms with Crippen molar-refractivity contribution in [3.63, 3.8) is 0 Å². The zero-order valence-corrected chi connectivity index (χ0v) is 12.2. The van der Waals surface area contributed by atoms with Gasteiger partial charge in [-0.2, -0.15) is 0 Å². The Morgan fingerprint density at radius 1 is 1.50 bits per heavy atom. The molecule has 1 aromatic rings. The van der Waals surface area contributed by atoms with E-state index in [1.165, 1.54) is 12.3 Å². The molecule has 1 saturated carbocycles. The summed E-state index contributed by atoms with van der Waals surface area (Å²) < 4.78 is 14.3. The normalized spacial score (nSPS) is 15.3. The molecule has 0 bridgehead atoms. The van der Waals surface area contributed by atoms with E-state index in [9.17, 15) is 9.18 Å². The van der Waals surface area contributed by atoms with Crippen LogP contribution in [-0.2, 0) is 0 Å². The molecule has 110 valence electrons. The van der Waals surface area contributed by atoms with Crippen LogP contribution in [0.1, 0.15) is 49.4 Å². The predicted octanol–water partition coefficient (Wildman–Crippen LogP) is 3.06. The standard InChI is InChI=1S/C15H22FN3O/c1-3-9-17-14-13(16)12(8-10-18-14)15(20)19(2)11-6-4-5-7-11/h8,10-11H,3-7,9H2,1-2H3,(H,17,18). The van der Waals surface area contributed by atoms with Crippen LogP contribution < -0.4 is 5.32 Å². The van der Waals surface area contributed by atoms with E-state index < -0.39 is 5.82 Å². The number of carbonyl (C=O) groups excluding carboxylic acids is 1. The molecule has 1 aliphatic rings. The van der Waals surface area contributed by atoms with Gasteiger partial charge in [0.05, 0.1) is 5.56 Å². The van der Waals surface area contributed by atoms with Crippen molar-refractivity contribution in [1.82, 2.24) is 9.88 Å². The van der Waals surface area contributed by atoms with Crippen LogP contribution in [0.5, 0.6) is 0 Å². The van der Waals surface area contributed by atoms with E-state index in [1.54, 1.807) is 11.9 Å². The molecule has 1 fully saturated rings. The topological polar surface area (TPSA) is 45.2 Å². The number of anilines is 1. The van der Waals surface area contributed by atoms with Gasteiger partial charge in [0, 0.05) is 25.8 Å². The van der Waals surface area contributed by atoms with Crippen LogP contribution >= 0.6 is 0 Å². The van der Waals surface area contributed by atoms with Crippen LogP contribution in [0.3, 0.4) is 0 Å². The van der Waals surface area contributed by atoms with Crippen LogP contribution in [0.2, 0.25) is 0 Å². The fourth-order valence-electron chi connectivity index (χ4n) is 2.62. The zero-order chi connectivity index (χ0) is 14.5. The molecule has 0 unspecified atom stereocenters. The highest BCUT2D eigenvalue weighted by Crippen LogP contribution is 2.25. The average molecular weight is 279 g/mol. The second-order valence-corrected chi connectivity index (χ2v) is 5.30. The SMILES string of the molecule is CCCNc1nccc(C(=O)N(C)C2CCCC2)c1F. The molecule has 0 aliphatic heterocycles. The van der Waals surface area contributed by atoms with Gasteiger partial charge in [0.25, 0.3) is 5.91 Å². The number of amides is 1. The molecule has 0 spiro atoms. The van der Waals surface area contributed by atoms with Crippen molar-refractivity contribution in [2.45, 2.75) is 45.1 Å². The molecular formula is C15H22FN3O. The Labute approximate surface area is 119 Å². The van der Waals surface area contributed by atoms with Gasteiger partial charge in [-0.05, 0) is 25.3 Å². The van der Waals surface area contributed by atoms with Gasteiger partial charge in [0.2, 0.25) is 0 Å². The Balaban J connectivity index is 2.16. The zero-order valence-electron chi connectivity index (χ0n) is 12.2. The van der Waals surface area contributed by atoms with E-state index in [0.717, 1.165) is 32.1 Å². The minimum Gasteiger partial charge on any atom is -0.368 e. The fourth-order valence-corrected chi connectivity index (χ4v) is 2.62. The first-order valence-corrected chi connectivity index (χ1v) is 7.30. The fraction of sp³-hybridized carbons (Fsp3) is 0.600. The number of nitrogens with one attached hydrogen (secondary N) is 1. The lowest BCUT2D eigenvalue weighted by Crippen LogP contribution is -2.35. The lowest BCUT2D eigenvalue weighted by atomic mass is 10.1. The van der Waals surface area contributed by atoms with E-state index in [-0.39, 0.29) is 23.3 Å². The summed E-state index contributed by atoms with van der Waals surface area (Å²) in [6, 6.07) is 1.70. The summed E-state index contributed by atoms with van der Waals surface area (Å²) in [5.74, 6) is -0.635. The van der Waals surface area contributed by atoms with E-state index in [2.05, 4.69) is 10.3 Å². The summed E-state index contributed by atoms with van der Waals surface area (Å²) in [4.78, 5) is 18.0. The Morgan fingerprint density at radius 2 is 2.20 bits per heavy atom. The average Bonchev–Trinajstić information content (AvgIpc) is 2.99. The van der Waals surface area contributed by atoms with E-state index in [0.29, 0.717) is 6.54 Å². The third kappa shape index (κ3) is 3.08. The Morgan fingerprint density at radius 3 is 2.85 bits per heavy atom. The highest BCUT2D eigenvalue weighted by atomic mass is 19.1. The number of halogens is 1. The van der Waals surface area contributed by atoms with Crippen molar-refractivity contribution in [3.8, 4) is 0 Å². The van der Waals surface area contributed by atoms with Crippen molar-refractivity contribution in [3.05, 3.63) is 23.6 Å². The maximum atomic E-state index is 14.3. The molecule has 1 aliphatic carbocycles. The number of carbonyl (C=O) groups is 1. The summed E-state index contributed by atoms with van der Waals surface area (Å²) in [7, 11) is 1.76. The molecular weight excluding hydrogens is 257 g/mol. The Kier molecular flexibility index (Phi) is 4.93. The molecule has 0 aromatic carbocycles. The first-order valence-electron chi connectivity index (χ1n) is 7.30. The van der Waals surface area contributed by atoms with Gasteiger partial charge in [0.1, 0.15) is 0 Å². The molecule has 0 atom stereocenters. The number of pyridine rings is 1. The number of rotatable bonds is 5. The van der Waals surface area contributed by atoms with Gasteiger partial charge in [0.15, 0.2) is 11.6 Å². The summed E-state index contributed by atoms with van der Waals surface area (Å²) >= 11 is 0. The van der Waals surface area contributed by atoms with E-state index in [4.69, 9.17) is 0 Å². The largest absolute Gasteiger partial charge is 0.368 e. The van der Waals surface area contributed by atoms with Crippen molar-refractivity contribution < 1.29 is 9.18 Å². The van der Waals surface area contributed by atoms with Crippen LogP contribution in [-0.4, -0.2) is 35.4 Å². The number of hydrogen-bond donors (Lipinski definition) is 1. The van der Waals surface area contributed by atoms with Gasteiger partial charge in [-0.15, -0.1) is 0 Å². The first kappa shape index (κ1) is 14.8. The molecule has 0 radical (unpaired) electrons. The molecule has 20 heavy (non-hydrogen) atoms. The number of hydrogen-bond acceptors (Lipinski definition) is 3. The maximum Gasteiger partial charge on any atom is 0.257 e. The summed E-state index contributed by atoms with van der Waals surface area (Å²) in [6.07, 6.45) is 6.67. The van der Waals surface area contributed by atoms with E-state index >= 15 is 0 Å². The summed E-state index contributed by atoms with van der Waals surface area (Å²) in [6.45, 7) is 2.63. The molecule has 2 rings (SSSR count). The van der Waals surface area contributed by atoms with Crippen molar-refractivity contribution in [2.75, 3.05) is 18.9 Å². The minimum atomic E-state index is -0.546. The number of nitrogens with zero attached hydrogens (tertiary/aromatic N) is 2. The molecule has 5 heteroatoms. The van der Waals surface area contributed by atoms with Gasteiger partial charge in [-0.3, -0.25) is 4.79 Å². The van der Waals surface area contributed by atoms with Crippen molar-refractivity contribution in [2.24, 2.45) is 0 Å². The molecule has 1 heterocycles. The van der Waals surface area contributed by atoms with Crippen LogP contribution in [0, 0.1) is 5.82 Å². The van der Waals surface area contributed by atoms with Gasteiger partial charge >= 0.3 is 0 Å². The Bertz CT molecular complexity index is 472. The predicted molar refractivity (Wildman–Crippen MR) is 77.3 cm³/mol. The monoisotopic (exact) mass is 279 g/mol. The quantitative estimate of drug-likeness (QED) is 0.901.